The van der Waals surface area contributed by atoms with Gasteiger partial charge < -0.3 is 10.5 Å². The molecule has 2 heterocycles. The zero-order valence-corrected chi connectivity index (χ0v) is 14.8. The molecule has 3 aromatic rings. The van der Waals surface area contributed by atoms with Gasteiger partial charge in [0.05, 0.1) is 6.54 Å². The van der Waals surface area contributed by atoms with Gasteiger partial charge in [0, 0.05) is 24.6 Å². The number of cyclic esters (lactones) is 1. The number of ether oxygens (including phenoxy) is 1. The second kappa shape index (κ2) is 6.21. The Morgan fingerprint density at radius 1 is 1.07 bits per heavy atom. The molecule has 0 saturated carbocycles. The maximum Gasteiger partial charge on any atom is 0.414 e. The molecular formula is C22H19N3O2. The van der Waals surface area contributed by atoms with Crippen LogP contribution in [0.15, 0.2) is 60.9 Å². The summed E-state index contributed by atoms with van der Waals surface area (Å²) in [5.74, 6) is 0. The van der Waals surface area contributed by atoms with Gasteiger partial charge in [0.25, 0.3) is 0 Å². The number of nitrogens with zero attached hydrogens (tertiary/aromatic N) is 2. The van der Waals surface area contributed by atoms with Crippen LogP contribution in [0.4, 0.5) is 10.5 Å². The number of amides is 1. The van der Waals surface area contributed by atoms with E-state index in [1.54, 1.807) is 11.1 Å². The first-order chi connectivity index (χ1) is 13.2. The van der Waals surface area contributed by atoms with Crippen molar-refractivity contribution in [1.29, 1.82) is 0 Å². The van der Waals surface area contributed by atoms with Crippen molar-refractivity contribution in [3.63, 3.8) is 0 Å². The van der Waals surface area contributed by atoms with Crippen molar-refractivity contribution in [3.05, 3.63) is 72.1 Å². The van der Waals surface area contributed by atoms with Gasteiger partial charge in [-0.1, -0.05) is 30.3 Å². The highest BCUT2D eigenvalue weighted by Gasteiger charge is 2.32. The molecule has 1 unspecified atom stereocenters. The number of hydrogen-bond acceptors (Lipinski definition) is 4. The molecule has 1 saturated heterocycles. The van der Waals surface area contributed by atoms with Crippen LogP contribution in [0.1, 0.15) is 11.1 Å². The first kappa shape index (κ1) is 16.0. The minimum absolute atomic E-state index is 0.231. The molecule has 1 atom stereocenters. The third kappa shape index (κ3) is 2.67. The van der Waals surface area contributed by atoms with Crippen LogP contribution in [-0.4, -0.2) is 30.3 Å². The fraction of sp³-hybridized carbons (Fsp3) is 0.182. The molecule has 0 bridgehead atoms. The van der Waals surface area contributed by atoms with E-state index in [0.29, 0.717) is 13.1 Å². The molecule has 1 aromatic heterocycles. The van der Waals surface area contributed by atoms with Gasteiger partial charge in [0.15, 0.2) is 0 Å². The molecule has 0 radical (unpaired) electrons. The molecule has 2 aliphatic rings. The average molecular weight is 357 g/mol. The van der Waals surface area contributed by atoms with E-state index in [1.807, 2.05) is 18.3 Å². The lowest BCUT2D eigenvalue weighted by Crippen LogP contribution is -2.27. The summed E-state index contributed by atoms with van der Waals surface area (Å²) in [5.41, 5.74) is 13.8. The summed E-state index contributed by atoms with van der Waals surface area (Å²) in [4.78, 5) is 18.0. The Kier molecular flexibility index (Phi) is 3.69. The SMILES string of the molecule is NCC1CN(c2ccc3c(c2)Cc2cc(-c4cccnc4)ccc2-3)C(=O)O1. The number of anilines is 1. The lowest BCUT2D eigenvalue weighted by molar-refractivity contribution is 0.145. The number of nitrogens with two attached hydrogens (primary N) is 1. The molecule has 2 aromatic carbocycles. The molecule has 5 heteroatoms. The molecule has 27 heavy (non-hydrogen) atoms. The molecule has 1 aliphatic heterocycles. The highest BCUT2D eigenvalue weighted by Crippen LogP contribution is 2.40. The van der Waals surface area contributed by atoms with Crippen molar-refractivity contribution in [2.45, 2.75) is 12.5 Å². The Balaban J connectivity index is 1.47. The summed E-state index contributed by atoms with van der Waals surface area (Å²) in [6.07, 6.45) is 3.97. The van der Waals surface area contributed by atoms with Crippen molar-refractivity contribution < 1.29 is 9.53 Å². The minimum Gasteiger partial charge on any atom is -0.443 e. The van der Waals surface area contributed by atoms with Gasteiger partial charge in [-0.3, -0.25) is 9.88 Å². The zero-order valence-electron chi connectivity index (χ0n) is 14.8. The van der Waals surface area contributed by atoms with Crippen molar-refractivity contribution in [1.82, 2.24) is 4.98 Å². The Morgan fingerprint density at radius 2 is 1.89 bits per heavy atom. The number of hydrogen-bond donors (Lipinski definition) is 1. The van der Waals surface area contributed by atoms with Gasteiger partial charge >= 0.3 is 6.09 Å². The Labute approximate surface area is 157 Å². The summed E-state index contributed by atoms with van der Waals surface area (Å²) in [5, 5.41) is 0. The van der Waals surface area contributed by atoms with E-state index < -0.39 is 0 Å². The van der Waals surface area contributed by atoms with Gasteiger partial charge in [-0.05, 0) is 58.0 Å². The van der Waals surface area contributed by atoms with E-state index >= 15 is 0 Å². The van der Waals surface area contributed by atoms with Gasteiger partial charge in [0.2, 0.25) is 0 Å². The Hall–Kier alpha value is -3.18. The number of carbonyl (C=O) groups excluding carboxylic acids is 1. The highest BCUT2D eigenvalue weighted by atomic mass is 16.6. The number of fused-ring (bicyclic) bond motifs is 3. The summed E-state index contributed by atoms with van der Waals surface area (Å²) < 4.78 is 5.28. The largest absolute Gasteiger partial charge is 0.443 e. The van der Waals surface area contributed by atoms with Crippen molar-refractivity contribution in [3.8, 4) is 22.3 Å². The maximum absolute atomic E-state index is 12.1. The third-order valence-corrected chi connectivity index (χ3v) is 5.31. The van der Waals surface area contributed by atoms with Crippen molar-refractivity contribution in [2.24, 2.45) is 5.73 Å². The standard InChI is InChI=1S/C22H19N3O2/c23-11-19-13-25(22(26)27-19)18-4-6-21-17(10-18)9-16-8-14(3-5-20(16)21)15-2-1-7-24-12-15/h1-8,10,12,19H,9,11,13,23H2. The lowest BCUT2D eigenvalue weighted by atomic mass is 10.0. The monoisotopic (exact) mass is 357 g/mol. The summed E-state index contributed by atoms with van der Waals surface area (Å²) in [7, 11) is 0. The fourth-order valence-corrected chi connectivity index (χ4v) is 3.93. The van der Waals surface area contributed by atoms with Crippen LogP contribution in [0.3, 0.4) is 0 Å². The highest BCUT2D eigenvalue weighted by molar-refractivity contribution is 5.91. The summed E-state index contributed by atoms with van der Waals surface area (Å²) in [6, 6.07) is 16.8. The Morgan fingerprint density at radius 3 is 2.63 bits per heavy atom. The molecule has 2 N–H and O–H groups in total. The van der Waals surface area contributed by atoms with E-state index in [4.69, 9.17) is 10.5 Å². The fourth-order valence-electron chi connectivity index (χ4n) is 3.93. The number of aromatic nitrogens is 1. The second-order valence-corrected chi connectivity index (χ2v) is 6.98. The molecule has 0 spiro atoms. The van der Waals surface area contributed by atoms with Crippen molar-refractivity contribution >= 4 is 11.8 Å². The Bertz CT molecular complexity index is 1030. The molecule has 5 rings (SSSR count). The van der Waals surface area contributed by atoms with Gasteiger partial charge in [-0.2, -0.15) is 0 Å². The minimum atomic E-state index is -0.320. The molecule has 134 valence electrons. The maximum atomic E-state index is 12.1. The zero-order chi connectivity index (χ0) is 18.4. The van der Waals surface area contributed by atoms with E-state index in [2.05, 4.69) is 41.4 Å². The average Bonchev–Trinajstić information content (AvgIpc) is 3.27. The molecule has 5 nitrogen and oxygen atoms in total. The van der Waals surface area contributed by atoms with Crippen LogP contribution in [0.25, 0.3) is 22.3 Å². The number of benzene rings is 2. The number of carbonyl (C=O) groups is 1. The normalized spacial score (nSPS) is 17.6. The van der Waals surface area contributed by atoms with Crippen LogP contribution >= 0.6 is 0 Å². The van der Waals surface area contributed by atoms with Gasteiger partial charge in [0.1, 0.15) is 6.10 Å². The van der Waals surface area contributed by atoms with Gasteiger partial charge in [-0.25, -0.2) is 4.79 Å². The number of pyridine rings is 1. The summed E-state index contributed by atoms with van der Waals surface area (Å²) >= 11 is 0. The summed E-state index contributed by atoms with van der Waals surface area (Å²) in [6.45, 7) is 0.849. The van der Waals surface area contributed by atoms with E-state index in [1.165, 1.54) is 27.8 Å². The van der Waals surface area contributed by atoms with Crippen LogP contribution in [0, 0.1) is 0 Å². The van der Waals surface area contributed by atoms with Crippen molar-refractivity contribution in [2.75, 3.05) is 18.0 Å². The molecule has 1 fully saturated rings. The van der Waals surface area contributed by atoms with Crippen LogP contribution in [0.5, 0.6) is 0 Å². The van der Waals surface area contributed by atoms with Gasteiger partial charge in [-0.15, -0.1) is 0 Å². The van der Waals surface area contributed by atoms with Crippen LogP contribution < -0.4 is 10.6 Å². The van der Waals surface area contributed by atoms with E-state index in [9.17, 15) is 4.79 Å². The lowest BCUT2D eigenvalue weighted by Gasteiger charge is -2.14. The predicted molar refractivity (Wildman–Crippen MR) is 105 cm³/mol. The molecule has 1 amide bonds. The number of rotatable bonds is 3. The predicted octanol–water partition coefficient (Wildman–Crippen LogP) is 3.60. The van der Waals surface area contributed by atoms with Crippen LogP contribution in [-0.2, 0) is 11.2 Å². The van der Waals surface area contributed by atoms with Crippen LogP contribution in [0.2, 0.25) is 0 Å². The first-order valence-electron chi connectivity index (χ1n) is 9.08. The molecule has 1 aliphatic carbocycles. The molecular weight excluding hydrogens is 338 g/mol. The first-order valence-corrected chi connectivity index (χ1v) is 9.08. The van der Waals surface area contributed by atoms with E-state index in [-0.39, 0.29) is 12.2 Å². The third-order valence-electron chi connectivity index (χ3n) is 5.31. The quantitative estimate of drug-likeness (QED) is 0.608. The van der Waals surface area contributed by atoms with E-state index in [0.717, 1.165) is 17.7 Å². The smallest absolute Gasteiger partial charge is 0.414 e. The topological polar surface area (TPSA) is 68.5 Å². The second-order valence-electron chi connectivity index (χ2n) is 6.98.